The topological polar surface area (TPSA) is 17.1 Å². The van der Waals surface area contributed by atoms with Crippen molar-refractivity contribution in [3.05, 3.63) is 35.4 Å². The molecule has 0 saturated heterocycles. The summed E-state index contributed by atoms with van der Waals surface area (Å²) < 4.78 is 0. The van der Waals surface area contributed by atoms with Crippen molar-refractivity contribution < 1.29 is 4.79 Å². The first-order chi connectivity index (χ1) is 8.52. The number of ketones is 1. The second-order valence-electron chi connectivity index (χ2n) is 6.12. The molecule has 2 rings (SSSR count). The van der Waals surface area contributed by atoms with Crippen molar-refractivity contribution in [2.24, 2.45) is 5.41 Å². The van der Waals surface area contributed by atoms with Gasteiger partial charge in [-0.1, -0.05) is 38.1 Å². The molecule has 1 aliphatic carbocycles. The first kappa shape index (κ1) is 13.6. The van der Waals surface area contributed by atoms with E-state index < -0.39 is 0 Å². The fourth-order valence-corrected chi connectivity index (χ4v) is 2.91. The van der Waals surface area contributed by atoms with Crippen LogP contribution in [-0.2, 0) is 0 Å². The quantitative estimate of drug-likeness (QED) is 0.567. The maximum absolute atomic E-state index is 11.5. The van der Waals surface area contributed by atoms with Crippen LogP contribution in [0.5, 0.6) is 0 Å². The Morgan fingerprint density at radius 1 is 1.22 bits per heavy atom. The van der Waals surface area contributed by atoms with Crippen LogP contribution in [0.25, 0.3) is 0 Å². The fraction of sp³-hybridized carbons (Fsp3) is 0.562. The standard InChI is InChI=1S/C16H21ClO/c1-16(2)9-7-13(8-10-16)12-3-5-14(6-4-12)15(18)11-17/h3-6,13H,7-11H2,1-2H3. The summed E-state index contributed by atoms with van der Waals surface area (Å²) in [7, 11) is 0. The lowest BCUT2D eigenvalue weighted by Crippen LogP contribution is -2.20. The summed E-state index contributed by atoms with van der Waals surface area (Å²) in [6.07, 6.45) is 5.10. The molecule has 0 spiro atoms. The van der Waals surface area contributed by atoms with Crippen molar-refractivity contribution in [2.45, 2.75) is 45.4 Å². The highest BCUT2D eigenvalue weighted by Gasteiger charge is 2.27. The average Bonchev–Trinajstić information content (AvgIpc) is 2.38. The Morgan fingerprint density at radius 2 is 1.78 bits per heavy atom. The van der Waals surface area contributed by atoms with Gasteiger partial charge in [0.1, 0.15) is 0 Å². The predicted molar refractivity (Wildman–Crippen MR) is 76.5 cm³/mol. The Balaban J connectivity index is 2.04. The van der Waals surface area contributed by atoms with E-state index in [1.165, 1.54) is 31.2 Å². The van der Waals surface area contributed by atoms with E-state index >= 15 is 0 Å². The monoisotopic (exact) mass is 264 g/mol. The third-order valence-corrected chi connectivity index (χ3v) is 4.41. The molecule has 1 aromatic rings. The summed E-state index contributed by atoms with van der Waals surface area (Å²) in [6.45, 7) is 4.71. The van der Waals surface area contributed by atoms with E-state index in [9.17, 15) is 4.79 Å². The van der Waals surface area contributed by atoms with Gasteiger partial charge in [0.25, 0.3) is 0 Å². The van der Waals surface area contributed by atoms with Gasteiger partial charge in [0, 0.05) is 5.56 Å². The molecule has 0 radical (unpaired) electrons. The van der Waals surface area contributed by atoms with Crippen molar-refractivity contribution in [2.75, 3.05) is 5.88 Å². The lowest BCUT2D eigenvalue weighted by Gasteiger charge is -2.34. The van der Waals surface area contributed by atoms with Gasteiger partial charge in [0.2, 0.25) is 0 Å². The molecule has 0 aliphatic heterocycles. The highest BCUT2D eigenvalue weighted by Crippen LogP contribution is 2.42. The molecule has 0 amide bonds. The second kappa shape index (κ2) is 5.44. The van der Waals surface area contributed by atoms with Gasteiger partial charge in [0.05, 0.1) is 5.88 Å². The molecule has 2 heteroatoms. The van der Waals surface area contributed by atoms with E-state index in [4.69, 9.17) is 11.6 Å². The molecule has 0 N–H and O–H groups in total. The number of hydrogen-bond acceptors (Lipinski definition) is 1. The Bertz CT molecular complexity index is 409. The summed E-state index contributed by atoms with van der Waals surface area (Å²) in [6, 6.07) is 8.03. The van der Waals surface area contributed by atoms with Gasteiger partial charge in [-0.3, -0.25) is 4.79 Å². The van der Waals surface area contributed by atoms with E-state index in [0.717, 1.165) is 5.56 Å². The summed E-state index contributed by atoms with van der Waals surface area (Å²) >= 11 is 5.56. The zero-order valence-electron chi connectivity index (χ0n) is 11.2. The third-order valence-electron chi connectivity index (χ3n) is 4.16. The van der Waals surface area contributed by atoms with Crippen LogP contribution in [0.3, 0.4) is 0 Å². The molecular formula is C16H21ClO. The molecule has 1 nitrogen and oxygen atoms in total. The Morgan fingerprint density at radius 3 is 2.28 bits per heavy atom. The molecule has 0 aromatic heterocycles. The zero-order chi connectivity index (χ0) is 13.2. The van der Waals surface area contributed by atoms with Crippen LogP contribution in [0, 0.1) is 5.41 Å². The average molecular weight is 265 g/mol. The predicted octanol–water partition coefficient (Wildman–Crippen LogP) is 4.79. The minimum absolute atomic E-state index is 0.00740. The maximum Gasteiger partial charge on any atom is 0.177 e. The van der Waals surface area contributed by atoms with Crippen LogP contribution >= 0.6 is 11.6 Å². The molecule has 1 aromatic carbocycles. The molecule has 0 unspecified atom stereocenters. The lowest BCUT2D eigenvalue weighted by molar-refractivity contribution is 0.102. The summed E-state index contributed by atoms with van der Waals surface area (Å²) in [5.74, 6) is 0.739. The van der Waals surface area contributed by atoms with Crippen LogP contribution in [0.15, 0.2) is 24.3 Å². The first-order valence-electron chi connectivity index (χ1n) is 6.71. The second-order valence-corrected chi connectivity index (χ2v) is 6.38. The minimum Gasteiger partial charge on any atom is -0.293 e. The number of halogens is 1. The smallest absolute Gasteiger partial charge is 0.177 e. The first-order valence-corrected chi connectivity index (χ1v) is 7.24. The number of alkyl halides is 1. The van der Waals surface area contributed by atoms with E-state index in [1.807, 2.05) is 12.1 Å². The fourth-order valence-electron chi connectivity index (χ4n) is 2.75. The van der Waals surface area contributed by atoms with Gasteiger partial charge in [-0.25, -0.2) is 0 Å². The molecule has 98 valence electrons. The van der Waals surface area contributed by atoms with Gasteiger partial charge in [-0.05, 0) is 42.6 Å². The van der Waals surface area contributed by atoms with Crippen molar-refractivity contribution in [3.8, 4) is 0 Å². The Labute approximate surface area is 115 Å². The SMILES string of the molecule is CC1(C)CCC(c2ccc(C(=O)CCl)cc2)CC1. The number of carbonyl (C=O) groups excluding carboxylic acids is 1. The highest BCUT2D eigenvalue weighted by atomic mass is 35.5. The van der Waals surface area contributed by atoms with Crippen LogP contribution < -0.4 is 0 Å². The van der Waals surface area contributed by atoms with Crippen LogP contribution in [-0.4, -0.2) is 11.7 Å². The maximum atomic E-state index is 11.5. The lowest BCUT2D eigenvalue weighted by atomic mass is 9.71. The minimum atomic E-state index is 0.00740. The third kappa shape index (κ3) is 3.14. The molecule has 0 bridgehead atoms. The van der Waals surface area contributed by atoms with Crippen LogP contribution in [0.2, 0.25) is 0 Å². The van der Waals surface area contributed by atoms with Gasteiger partial charge < -0.3 is 0 Å². The summed E-state index contributed by atoms with van der Waals surface area (Å²) in [4.78, 5) is 11.5. The molecule has 1 saturated carbocycles. The van der Waals surface area contributed by atoms with E-state index in [2.05, 4.69) is 26.0 Å². The number of Topliss-reactive ketones (excluding diaryl/α,β-unsaturated/α-hetero) is 1. The van der Waals surface area contributed by atoms with Crippen molar-refractivity contribution >= 4 is 17.4 Å². The van der Waals surface area contributed by atoms with Gasteiger partial charge in [-0.15, -0.1) is 11.6 Å². The number of rotatable bonds is 3. The van der Waals surface area contributed by atoms with Gasteiger partial charge >= 0.3 is 0 Å². The number of carbonyl (C=O) groups is 1. The summed E-state index contributed by atoms with van der Waals surface area (Å²) in [5, 5.41) is 0. The summed E-state index contributed by atoms with van der Waals surface area (Å²) in [5.41, 5.74) is 2.60. The Hall–Kier alpha value is -0.820. The normalized spacial score (nSPS) is 19.7. The number of benzene rings is 1. The molecule has 0 heterocycles. The van der Waals surface area contributed by atoms with Crippen molar-refractivity contribution in [1.82, 2.24) is 0 Å². The zero-order valence-corrected chi connectivity index (χ0v) is 12.0. The Kier molecular flexibility index (Phi) is 4.11. The molecular weight excluding hydrogens is 244 g/mol. The van der Waals surface area contributed by atoms with Crippen LogP contribution in [0.4, 0.5) is 0 Å². The number of hydrogen-bond donors (Lipinski definition) is 0. The molecule has 0 atom stereocenters. The van der Waals surface area contributed by atoms with Gasteiger partial charge in [-0.2, -0.15) is 0 Å². The van der Waals surface area contributed by atoms with Gasteiger partial charge in [0.15, 0.2) is 5.78 Å². The largest absolute Gasteiger partial charge is 0.293 e. The van der Waals surface area contributed by atoms with E-state index in [1.54, 1.807) is 0 Å². The highest BCUT2D eigenvalue weighted by molar-refractivity contribution is 6.30. The van der Waals surface area contributed by atoms with E-state index in [-0.39, 0.29) is 11.7 Å². The van der Waals surface area contributed by atoms with Crippen molar-refractivity contribution in [1.29, 1.82) is 0 Å². The van der Waals surface area contributed by atoms with Crippen molar-refractivity contribution in [3.63, 3.8) is 0 Å². The van der Waals surface area contributed by atoms with E-state index in [0.29, 0.717) is 11.3 Å². The molecule has 18 heavy (non-hydrogen) atoms. The van der Waals surface area contributed by atoms with Crippen LogP contribution in [0.1, 0.15) is 61.4 Å². The molecule has 1 aliphatic rings. The molecule has 1 fully saturated rings.